The van der Waals surface area contributed by atoms with E-state index in [1.165, 1.54) is 0 Å². The van der Waals surface area contributed by atoms with Gasteiger partial charge in [-0.2, -0.15) is 0 Å². The molecule has 1 aliphatic heterocycles. The number of hydrogen-bond acceptors (Lipinski definition) is 4. The number of anilines is 1. The van der Waals surface area contributed by atoms with Gasteiger partial charge in [0.15, 0.2) is 16.6 Å². The Morgan fingerprint density at radius 2 is 1.84 bits per heavy atom. The highest BCUT2D eigenvalue weighted by Crippen LogP contribution is 2.30. The number of para-hydroxylation sites is 2. The maximum atomic E-state index is 12.2. The van der Waals surface area contributed by atoms with Crippen molar-refractivity contribution in [3.8, 4) is 11.5 Å². The Hall–Kier alpha value is -2.22. The molecule has 6 nitrogen and oxygen atoms in total. The predicted octanol–water partition coefficient (Wildman–Crippen LogP) is 3.15. The van der Waals surface area contributed by atoms with Crippen molar-refractivity contribution >= 4 is 52.1 Å². The second-order valence-electron chi connectivity index (χ2n) is 5.06. The third kappa shape index (κ3) is 4.45. The first-order valence-electron chi connectivity index (χ1n) is 7.23. The Balaban J connectivity index is 1.50. The van der Waals surface area contributed by atoms with Crippen LogP contribution in [0.25, 0.3) is 0 Å². The fourth-order valence-corrected chi connectivity index (χ4v) is 2.55. The third-order valence-electron chi connectivity index (χ3n) is 3.28. The summed E-state index contributed by atoms with van der Waals surface area (Å²) in [5, 5.41) is 3.89. The number of thiocarbonyl (C=S) groups is 1. The van der Waals surface area contributed by atoms with Gasteiger partial charge >= 0.3 is 0 Å². The van der Waals surface area contributed by atoms with Crippen molar-refractivity contribution in [3.05, 3.63) is 52.5 Å². The zero-order valence-electron chi connectivity index (χ0n) is 12.7. The van der Waals surface area contributed by atoms with E-state index in [2.05, 4.69) is 16.2 Å². The summed E-state index contributed by atoms with van der Waals surface area (Å²) in [6.07, 6.45) is -0.782. The van der Waals surface area contributed by atoms with E-state index in [9.17, 15) is 4.79 Å². The van der Waals surface area contributed by atoms with Crippen LogP contribution in [-0.2, 0) is 4.79 Å². The molecule has 1 unspecified atom stereocenters. The van der Waals surface area contributed by atoms with Gasteiger partial charge in [-0.1, -0.05) is 35.3 Å². The van der Waals surface area contributed by atoms with Gasteiger partial charge in [-0.05, 0) is 42.5 Å². The number of hydrazine groups is 1. The van der Waals surface area contributed by atoms with E-state index >= 15 is 0 Å². The topological polar surface area (TPSA) is 71.6 Å². The van der Waals surface area contributed by atoms with Crippen molar-refractivity contribution in [1.29, 1.82) is 0 Å². The number of halogens is 2. The molecule has 130 valence electrons. The number of carbonyl (C=O) groups is 1. The molecule has 0 fully saturated rings. The molecule has 1 aliphatic rings. The molecule has 25 heavy (non-hydrogen) atoms. The van der Waals surface area contributed by atoms with Crippen LogP contribution < -0.4 is 25.6 Å². The number of carbonyl (C=O) groups excluding carboxylic acids is 1. The Morgan fingerprint density at radius 1 is 1.08 bits per heavy atom. The highest BCUT2D eigenvalue weighted by atomic mass is 35.5. The standard InChI is InChI=1S/C16H13Cl2N3O3S/c17-10-6-5-9(7-11(10)18)19-16(25)21-20-15(22)14-8-23-12-3-1-2-4-13(12)24-14/h1-7,14H,8H2,(H,20,22)(H2,19,21,25). The molecule has 0 bridgehead atoms. The molecule has 0 saturated heterocycles. The average molecular weight is 398 g/mol. The summed E-state index contributed by atoms with van der Waals surface area (Å²) >= 11 is 16.9. The first-order chi connectivity index (χ1) is 12.0. The van der Waals surface area contributed by atoms with Crippen LogP contribution in [0, 0.1) is 0 Å². The Kier molecular flexibility index (Phi) is 5.47. The summed E-state index contributed by atoms with van der Waals surface area (Å²) in [6, 6.07) is 12.1. The highest BCUT2D eigenvalue weighted by Gasteiger charge is 2.27. The molecule has 0 saturated carbocycles. The predicted molar refractivity (Wildman–Crippen MR) is 100 cm³/mol. The van der Waals surface area contributed by atoms with E-state index in [0.717, 1.165) is 0 Å². The maximum absolute atomic E-state index is 12.2. The number of rotatable bonds is 2. The summed E-state index contributed by atoms with van der Waals surface area (Å²) in [4.78, 5) is 12.2. The molecule has 1 heterocycles. The average Bonchev–Trinajstić information content (AvgIpc) is 2.62. The normalized spacial score (nSPS) is 15.2. The lowest BCUT2D eigenvalue weighted by Gasteiger charge is -2.25. The SMILES string of the molecule is O=C(NNC(=S)Nc1ccc(Cl)c(Cl)c1)C1COc2ccccc2O1. The number of benzene rings is 2. The van der Waals surface area contributed by atoms with E-state index in [4.69, 9.17) is 44.9 Å². The minimum atomic E-state index is -0.782. The number of nitrogens with one attached hydrogen (secondary N) is 3. The smallest absolute Gasteiger partial charge is 0.283 e. The maximum Gasteiger partial charge on any atom is 0.283 e. The third-order valence-corrected chi connectivity index (χ3v) is 4.22. The molecule has 3 N–H and O–H groups in total. The fourth-order valence-electron chi connectivity index (χ4n) is 2.08. The van der Waals surface area contributed by atoms with Crippen molar-refractivity contribution in [2.24, 2.45) is 0 Å². The largest absolute Gasteiger partial charge is 0.485 e. The number of fused-ring (bicyclic) bond motifs is 1. The first kappa shape index (κ1) is 17.6. The van der Waals surface area contributed by atoms with E-state index in [0.29, 0.717) is 27.2 Å². The van der Waals surface area contributed by atoms with Crippen LogP contribution in [0.5, 0.6) is 11.5 Å². The fraction of sp³-hybridized carbons (Fsp3) is 0.125. The van der Waals surface area contributed by atoms with Gasteiger partial charge in [-0.3, -0.25) is 15.6 Å². The van der Waals surface area contributed by atoms with E-state index in [1.807, 2.05) is 6.07 Å². The number of ether oxygens (including phenoxy) is 2. The second kappa shape index (κ2) is 7.77. The van der Waals surface area contributed by atoms with Crippen LogP contribution in [0.4, 0.5) is 5.69 Å². The summed E-state index contributed by atoms with van der Waals surface area (Å²) in [5.41, 5.74) is 5.70. The van der Waals surface area contributed by atoms with Crippen molar-refractivity contribution in [3.63, 3.8) is 0 Å². The minimum Gasteiger partial charge on any atom is -0.485 e. The molecular formula is C16H13Cl2N3O3S. The second-order valence-corrected chi connectivity index (χ2v) is 6.28. The molecule has 3 rings (SSSR count). The van der Waals surface area contributed by atoms with Gasteiger partial charge < -0.3 is 14.8 Å². The van der Waals surface area contributed by atoms with Gasteiger partial charge in [-0.15, -0.1) is 0 Å². The van der Waals surface area contributed by atoms with E-state index < -0.39 is 12.0 Å². The van der Waals surface area contributed by atoms with E-state index in [1.54, 1.807) is 36.4 Å². The highest BCUT2D eigenvalue weighted by molar-refractivity contribution is 7.80. The van der Waals surface area contributed by atoms with Gasteiger partial charge in [0.25, 0.3) is 5.91 Å². The lowest BCUT2D eigenvalue weighted by Crippen LogP contribution is -2.51. The Labute approximate surface area is 159 Å². The van der Waals surface area contributed by atoms with Crippen molar-refractivity contribution in [1.82, 2.24) is 10.9 Å². The lowest BCUT2D eigenvalue weighted by atomic mass is 10.2. The number of hydrogen-bond donors (Lipinski definition) is 3. The summed E-state index contributed by atoms with van der Waals surface area (Å²) in [7, 11) is 0. The molecule has 1 amide bonds. The van der Waals surface area contributed by atoms with E-state index in [-0.39, 0.29) is 11.7 Å². The van der Waals surface area contributed by atoms with Gasteiger partial charge in [0, 0.05) is 5.69 Å². The van der Waals surface area contributed by atoms with Crippen LogP contribution in [0.1, 0.15) is 0 Å². The lowest BCUT2D eigenvalue weighted by molar-refractivity contribution is -0.130. The molecule has 0 aliphatic carbocycles. The van der Waals surface area contributed by atoms with Crippen molar-refractivity contribution < 1.29 is 14.3 Å². The first-order valence-corrected chi connectivity index (χ1v) is 8.40. The molecule has 0 radical (unpaired) electrons. The van der Waals surface area contributed by atoms with Crippen molar-refractivity contribution in [2.45, 2.75) is 6.10 Å². The summed E-state index contributed by atoms with van der Waals surface area (Å²) in [5.74, 6) is 0.717. The molecule has 9 heteroatoms. The summed E-state index contributed by atoms with van der Waals surface area (Å²) < 4.78 is 11.1. The molecule has 0 spiro atoms. The quantitative estimate of drug-likeness (QED) is 0.533. The van der Waals surface area contributed by atoms with Crippen LogP contribution in [0.2, 0.25) is 10.0 Å². The summed E-state index contributed by atoms with van der Waals surface area (Å²) in [6.45, 7) is 0.109. The Bertz CT molecular complexity index is 819. The van der Waals surface area contributed by atoms with Crippen molar-refractivity contribution in [2.75, 3.05) is 11.9 Å². The molecular weight excluding hydrogens is 385 g/mol. The minimum absolute atomic E-state index is 0.109. The van der Waals surface area contributed by atoms with Crippen LogP contribution in [-0.4, -0.2) is 23.7 Å². The van der Waals surface area contributed by atoms with Crippen LogP contribution >= 0.6 is 35.4 Å². The van der Waals surface area contributed by atoms with Gasteiger partial charge in [0.2, 0.25) is 6.10 Å². The Morgan fingerprint density at radius 3 is 2.60 bits per heavy atom. The zero-order chi connectivity index (χ0) is 17.8. The van der Waals surface area contributed by atoms with Gasteiger partial charge in [0.1, 0.15) is 6.61 Å². The molecule has 2 aromatic carbocycles. The molecule has 0 aromatic heterocycles. The monoisotopic (exact) mass is 397 g/mol. The molecule has 1 atom stereocenters. The zero-order valence-corrected chi connectivity index (χ0v) is 15.0. The molecule has 2 aromatic rings. The number of amides is 1. The van der Waals surface area contributed by atoms with Gasteiger partial charge in [0.05, 0.1) is 10.0 Å². The van der Waals surface area contributed by atoms with Gasteiger partial charge in [-0.25, -0.2) is 0 Å². The van der Waals surface area contributed by atoms with Crippen LogP contribution in [0.3, 0.4) is 0 Å². The van der Waals surface area contributed by atoms with Crippen LogP contribution in [0.15, 0.2) is 42.5 Å².